The fourth-order valence-corrected chi connectivity index (χ4v) is 6.25. The van der Waals surface area contributed by atoms with Gasteiger partial charge in [0.05, 0.1) is 31.8 Å². The molecule has 0 unspecified atom stereocenters. The predicted octanol–water partition coefficient (Wildman–Crippen LogP) is 5.20. The molecule has 1 aromatic heterocycles. The lowest BCUT2D eigenvalue weighted by atomic mass is 9.69. The number of carbonyl (C=O) groups excluding carboxylic acids is 1. The Kier molecular flexibility index (Phi) is 7.52. The Morgan fingerprint density at radius 1 is 1.05 bits per heavy atom. The molecule has 2 heterocycles. The summed E-state index contributed by atoms with van der Waals surface area (Å²) < 4.78 is 16.6. The Hall–Kier alpha value is -4.32. The number of Topliss-reactive ketones (excluding diaryl/α,β-unsaturated/α-hetero) is 1. The number of hydrogen-bond acceptors (Lipinski definition) is 10. The standard InChI is InChI=1S/C29H30N4O7S/c1-29(2)12-18-23(19(34)13-29)22(16-10-20(38-3)25(40-5)21(11-16)39-4)24-26(30-18)31-28(32-27(24)35)41-14-15-6-8-17(9-7-15)33(36)37/h6-11,22H,12-14H2,1-5H3,(H2,30,31,32,35)/t22-/m0/s1. The number of benzene rings is 2. The topological polar surface area (TPSA) is 146 Å². The molecule has 2 aliphatic rings. The first-order chi connectivity index (χ1) is 19.5. The largest absolute Gasteiger partial charge is 0.493 e. The molecule has 1 aliphatic heterocycles. The molecule has 0 amide bonds. The van der Waals surface area contributed by atoms with Crippen molar-refractivity contribution in [3.8, 4) is 17.2 Å². The van der Waals surface area contributed by atoms with E-state index in [0.29, 0.717) is 63.5 Å². The van der Waals surface area contributed by atoms with E-state index >= 15 is 0 Å². The molecule has 2 aromatic carbocycles. The van der Waals surface area contributed by atoms with Crippen molar-refractivity contribution in [2.45, 2.75) is 43.5 Å². The van der Waals surface area contributed by atoms with Gasteiger partial charge in [0.15, 0.2) is 22.4 Å². The van der Waals surface area contributed by atoms with Crippen LogP contribution in [0.25, 0.3) is 0 Å². The summed E-state index contributed by atoms with van der Waals surface area (Å²) in [5.41, 5.74) is 2.44. The van der Waals surface area contributed by atoms with Crippen molar-refractivity contribution in [1.29, 1.82) is 0 Å². The number of thioether (sulfide) groups is 1. The molecule has 0 radical (unpaired) electrons. The second-order valence-electron chi connectivity index (χ2n) is 10.7. The molecule has 3 aromatic rings. The number of rotatable bonds is 8. The summed E-state index contributed by atoms with van der Waals surface area (Å²) in [7, 11) is 4.54. The van der Waals surface area contributed by atoms with Gasteiger partial charge in [0, 0.05) is 41.5 Å². The number of hydrogen-bond donors (Lipinski definition) is 2. The maximum Gasteiger partial charge on any atom is 0.269 e. The third kappa shape index (κ3) is 5.39. The van der Waals surface area contributed by atoms with E-state index in [1.807, 2.05) is 13.8 Å². The van der Waals surface area contributed by atoms with E-state index in [0.717, 1.165) is 11.3 Å². The Balaban J connectivity index is 1.60. The van der Waals surface area contributed by atoms with Gasteiger partial charge in [-0.1, -0.05) is 37.7 Å². The van der Waals surface area contributed by atoms with E-state index in [1.165, 1.54) is 45.2 Å². The Morgan fingerprint density at radius 2 is 1.71 bits per heavy atom. The minimum Gasteiger partial charge on any atom is -0.493 e. The molecule has 2 N–H and O–H groups in total. The summed E-state index contributed by atoms with van der Waals surface area (Å²) >= 11 is 1.30. The Morgan fingerprint density at radius 3 is 2.29 bits per heavy atom. The van der Waals surface area contributed by atoms with Gasteiger partial charge in [0.25, 0.3) is 11.2 Å². The first-order valence-electron chi connectivity index (χ1n) is 12.9. The van der Waals surface area contributed by atoms with Crippen molar-refractivity contribution in [3.63, 3.8) is 0 Å². The summed E-state index contributed by atoms with van der Waals surface area (Å²) in [5, 5.41) is 14.7. The molecule has 5 rings (SSSR count). The maximum absolute atomic E-state index is 13.7. The summed E-state index contributed by atoms with van der Waals surface area (Å²) in [6.07, 6.45) is 0.951. The zero-order chi connectivity index (χ0) is 29.5. The zero-order valence-electron chi connectivity index (χ0n) is 23.3. The molecule has 1 atom stereocenters. The minimum absolute atomic E-state index is 0.00938. The van der Waals surface area contributed by atoms with Gasteiger partial charge in [-0.25, -0.2) is 4.98 Å². The van der Waals surface area contributed by atoms with E-state index < -0.39 is 10.8 Å². The number of carbonyl (C=O) groups is 1. The first-order valence-corrected chi connectivity index (χ1v) is 13.9. The monoisotopic (exact) mass is 578 g/mol. The van der Waals surface area contributed by atoms with Crippen molar-refractivity contribution in [2.24, 2.45) is 5.41 Å². The van der Waals surface area contributed by atoms with E-state index in [-0.39, 0.29) is 22.4 Å². The highest BCUT2D eigenvalue weighted by Gasteiger charge is 2.43. The lowest BCUT2D eigenvalue weighted by Gasteiger charge is -2.38. The van der Waals surface area contributed by atoms with Gasteiger partial charge in [-0.2, -0.15) is 0 Å². The van der Waals surface area contributed by atoms with Crippen molar-refractivity contribution >= 4 is 29.1 Å². The number of H-pyrrole nitrogens is 1. The van der Waals surface area contributed by atoms with E-state index in [2.05, 4.69) is 10.3 Å². The number of nitrogens with one attached hydrogen (secondary N) is 2. The number of nitro groups is 1. The Bertz CT molecular complexity index is 1600. The van der Waals surface area contributed by atoms with Gasteiger partial charge in [-0.05, 0) is 35.1 Å². The number of aromatic amines is 1. The van der Waals surface area contributed by atoms with Crippen LogP contribution in [-0.2, 0) is 10.5 Å². The van der Waals surface area contributed by atoms with Gasteiger partial charge >= 0.3 is 0 Å². The van der Waals surface area contributed by atoms with Crippen LogP contribution in [0.3, 0.4) is 0 Å². The predicted molar refractivity (Wildman–Crippen MR) is 154 cm³/mol. The number of anilines is 1. The summed E-state index contributed by atoms with van der Waals surface area (Å²) in [6, 6.07) is 9.75. The van der Waals surface area contributed by atoms with Gasteiger partial charge in [-0.15, -0.1) is 0 Å². The van der Waals surface area contributed by atoms with Crippen LogP contribution in [0.5, 0.6) is 17.2 Å². The number of methoxy groups -OCH3 is 3. The SMILES string of the molecule is COc1cc([C@H]2C3=C(CC(C)(C)CC3=O)Nc3nc(SCc4ccc([N+](=O)[O-])cc4)[nH]c(=O)c32)cc(OC)c1OC. The lowest BCUT2D eigenvalue weighted by Crippen LogP contribution is -2.37. The number of non-ortho nitro benzene ring substituents is 1. The van der Waals surface area contributed by atoms with Crippen LogP contribution >= 0.6 is 11.8 Å². The molecule has 0 bridgehead atoms. The molecule has 11 nitrogen and oxygen atoms in total. The molecule has 0 saturated heterocycles. The highest BCUT2D eigenvalue weighted by molar-refractivity contribution is 7.98. The van der Waals surface area contributed by atoms with Crippen LogP contribution < -0.4 is 25.1 Å². The molecule has 12 heteroatoms. The number of allylic oxidation sites excluding steroid dienone is 2. The van der Waals surface area contributed by atoms with Crippen LogP contribution in [0.4, 0.5) is 11.5 Å². The first kappa shape index (κ1) is 28.2. The fraction of sp³-hybridized carbons (Fsp3) is 0.345. The van der Waals surface area contributed by atoms with Crippen LogP contribution in [0.1, 0.15) is 49.3 Å². The quantitative estimate of drug-likeness (QED) is 0.158. The zero-order valence-corrected chi connectivity index (χ0v) is 24.1. The van der Waals surface area contributed by atoms with Crippen LogP contribution in [0.15, 0.2) is 57.6 Å². The molecule has 0 spiro atoms. The smallest absolute Gasteiger partial charge is 0.269 e. The minimum atomic E-state index is -0.705. The van der Waals surface area contributed by atoms with Crippen molar-refractivity contribution < 1.29 is 23.9 Å². The number of fused-ring (bicyclic) bond motifs is 1. The molecular weight excluding hydrogens is 548 g/mol. The van der Waals surface area contributed by atoms with Crippen molar-refractivity contribution in [1.82, 2.24) is 9.97 Å². The van der Waals surface area contributed by atoms with Crippen molar-refractivity contribution in [3.05, 3.63) is 84.8 Å². The van der Waals surface area contributed by atoms with Crippen LogP contribution in [0.2, 0.25) is 0 Å². The summed E-state index contributed by atoms with van der Waals surface area (Å²) in [4.78, 5) is 45.4. The van der Waals surface area contributed by atoms with E-state index in [1.54, 1.807) is 24.3 Å². The fourth-order valence-electron chi connectivity index (χ4n) is 5.43. The second kappa shape index (κ2) is 10.9. The highest BCUT2D eigenvalue weighted by atomic mass is 32.2. The number of ether oxygens (including phenoxy) is 3. The molecule has 1 aliphatic carbocycles. The second-order valence-corrected chi connectivity index (χ2v) is 11.7. The number of nitrogens with zero attached hydrogens (tertiary/aromatic N) is 2. The van der Waals surface area contributed by atoms with Gasteiger partial charge in [0.2, 0.25) is 5.75 Å². The third-order valence-corrected chi connectivity index (χ3v) is 8.19. The maximum atomic E-state index is 13.7. The van der Waals surface area contributed by atoms with E-state index in [4.69, 9.17) is 19.2 Å². The van der Waals surface area contributed by atoms with E-state index in [9.17, 15) is 19.7 Å². The van der Waals surface area contributed by atoms with Crippen molar-refractivity contribution in [2.75, 3.05) is 26.6 Å². The molecular formula is C29H30N4O7S. The van der Waals surface area contributed by atoms with Gasteiger partial charge in [0.1, 0.15) is 5.82 Å². The lowest BCUT2D eigenvalue weighted by molar-refractivity contribution is -0.384. The Labute approximate surface area is 240 Å². The number of ketones is 1. The van der Waals surface area contributed by atoms with Crippen LogP contribution in [0, 0.1) is 15.5 Å². The molecule has 41 heavy (non-hydrogen) atoms. The number of aromatic nitrogens is 2. The third-order valence-electron chi connectivity index (χ3n) is 7.24. The number of nitro benzene ring substituents is 1. The summed E-state index contributed by atoms with van der Waals surface area (Å²) in [6.45, 7) is 4.08. The van der Waals surface area contributed by atoms with Gasteiger partial charge < -0.3 is 24.5 Å². The van der Waals surface area contributed by atoms with Crippen LogP contribution in [-0.4, -0.2) is 42.0 Å². The normalized spacial score (nSPS) is 17.3. The molecule has 0 fully saturated rings. The summed E-state index contributed by atoms with van der Waals surface area (Å²) in [5.74, 6) is 1.30. The average molecular weight is 579 g/mol. The highest BCUT2D eigenvalue weighted by Crippen LogP contribution is 2.50. The molecule has 214 valence electrons. The molecule has 0 saturated carbocycles. The van der Waals surface area contributed by atoms with Gasteiger partial charge in [-0.3, -0.25) is 19.7 Å². The average Bonchev–Trinajstić information content (AvgIpc) is 2.93.